The molecule has 1 atom stereocenters. The topological polar surface area (TPSA) is 38.9 Å². The molecule has 0 radical (unpaired) electrons. The standard InChI is InChI=1S/C54H36N2O/c1-54(40-19-6-3-7-20-40)47-25-12-10-22-42(47)43-29-28-38(32-48(43)54)41-21-8-9-23-44(41)50-34-49(55-53(56-50)35-15-4-2-5-16-35)39-18-14-17-36(31-39)37-27-30-46-45-24-11-13-26-51(45)57-52(46)33-37/h2-34H,1H3. The fourth-order valence-electron chi connectivity index (χ4n) is 8.91. The fourth-order valence-corrected chi connectivity index (χ4v) is 8.91. The van der Waals surface area contributed by atoms with Crippen LogP contribution < -0.4 is 0 Å². The molecule has 1 aliphatic rings. The van der Waals surface area contributed by atoms with Crippen molar-refractivity contribution in [3.63, 3.8) is 0 Å². The minimum Gasteiger partial charge on any atom is -0.456 e. The number of para-hydroxylation sites is 1. The van der Waals surface area contributed by atoms with Crippen LogP contribution in [-0.4, -0.2) is 9.97 Å². The van der Waals surface area contributed by atoms with Crippen LogP contribution in [0.5, 0.6) is 0 Å². The van der Waals surface area contributed by atoms with E-state index >= 15 is 0 Å². The van der Waals surface area contributed by atoms with Gasteiger partial charge < -0.3 is 4.42 Å². The van der Waals surface area contributed by atoms with Gasteiger partial charge in [-0.3, -0.25) is 0 Å². The highest BCUT2D eigenvalue weighted by atomic mass is 16.3. The Morgan fingerprint density at radius 2 is 0.982 bits per heavy atom. The van der Waals surface area contributed by atoms with E-state index in [9.17, 15) is 0 Å². The monoisotopic (exact) mass is 728 g/mol. The van der Waals surface area contributed by atoms with Crippen LogP contribution in [-0.2, 0) is 5.41 Å². The predicted molar refractivity (Wildman–Crippen MR) is 234 cm³/mol. The molecule has 1 aliphatic carbocycles. The van der Waals surface area contributed by atoms with E-state index in [2.05, 4.69) is 177 Å². The molecule has 2 aromatic heterocycles. The first-order valence-electron chi connectivity index (χ1n) is 19.5. The van der Waals surface area contributed by atoms with Crippen LogP contribution in [0.4, 0.5) is 0 Å². The summed E-state index contributed by atoms with van der Waals surface area (Å²) in [6.07, 6.45) is 0. The summed E-state index contributed by atoms with van der Waals surface area (Å²) < 4.78 is 6.26. The molecule has 0 N–H and O–H groups in total. The van der Waals surface area contributed by atoms with Crippen molar-refractivity contribution in [3.8, 4) is 67.3 Å². The molecule has 3 heteroatoms. The van der Waals surface area contributed by atoms with Crippen molar-refractivity contribution in [1.29, 1.82) is 0 Å². The highest BCUT2D eigenvalue weighted by Gasteiger charge is 2.40. The van der Waals surface area contributed by atoms with E-state index in [0.29, 0.717) is 5.82 Å². The van der Waals surface area contributed by atoms with Gasteiger partial charge in [0.25, 0.3) is 0 Å². The van der Waals surface area contributed by atoms with Gasteiger partial charge in [0, 0.05) is 32.9 Å². The quantitative estimate of drug-likeness (QED) is 0.171. The molecule has 0 fully saturated rings. The Morgan fingerprint density at radius 3 is 1.84 bits per heavy atom. The summed E-state index contributed by atoms with van der Waals surface area (Å²) in [6.45, 7) is 2.37. The second kappa shape index (κ2) is 13.1. The van der Waals surface area contributed by atoms with Crippen LogP contribution >= 0.6 is 0 Å². The molecule has 8 aromatic carbocycles. The van der Waals surface area contributed by atoms with Gasteiger partial charge in [0.15, 0.2) is 5.82 Å². The molecule has 1 unspecified atom stereocenters. The van der Waals surface area contributed by atoms with E-state index in [1.54, 1.807) is 0 Å². The van der Waals surface area contributed by atoms with Crippen LogP contribution in [0, 0.1) is 0 Å². The van der Waals surface area contributed by atoms with Crippen molar-refractivity contribution in [2.45, 2.75) is 12.3 Å². The van der Waals surface area contributed by atoms with Crippen LogP contribution in [0.2, 0.25) is 0 Å². The number of hydrogen-bond acceptors (Lipinski definition) is 3. The maximum absolute atomic E-state index is 6.26. The summed E-state index contributed by atoms with van der Waals surface area (Å²) >= 11 is 0. The molecular formula is C54H36N2O. The van der Waals surface area contributed by atoms with Gasteiger partial charge in [0.1, 0.15) is 11.2 Å². The summed E-state index contributed by atoms with van der Waals surface area (Å²) in [4.78, 5) is 10.5. The minimum atomic E-state index is -0.291. The smallest absolute Gasteiger partial charge is 0.160 e. The van der Waals surface area contributed by atoms with Crippen molar-refractivity contribution in [1.82, 2.24) is 9.97 Å². The van der Waals surface area contributed by atoms with Crippen molar-refractivity contribution < 1.29 is 4.42 Å². The van der Waals surface area contributed by atoms with E-state index in [0.717, 1.165) is 72.3 Å². The third-order valence-electron chi connectivity index (χ3n) is 11.8. The van der Waals surface area contributed by atoms with Crippen molar-refractivity contribution >= 4 is 21.9 Å². The molecule has 0 bridgehead atoms. The lowest BCUT2D eigenvalue weighted by Crippen LogP contribution is -2.22. The molecule has 0 aliphatic heterocycles. The predicted octanol–water partition coefficient (Wildman–Crippen LogP) is 14.0. The minimum absolute atomic E-state index is 0.291. The van der Waals surface area contributed by atoms with E-state index < -0.39 is 0 Å². The Bertz CT molecular complexity index is 3140. The second-order valence-corrected chi connectivity index (χ2v) is 15.1. The summed E-state index contributed by atoms with van der Waals surface area (Å²) in [5.41, 5.74) is 17.3. The molecule has 2 heterocycles. The lowest BCUT2D eigenvalue weighted by Gasteiger charge is -2.28. The molecular weight excluding hydrogens is 693 g/mol. The number of furan rings is 1. The van der Waals surface area contributed by atoms with Crippen LogP contribution in [0.25, 0.3) is 89.2 Å². The lowest BCUT2D eigenvalue weighted by molar-refractivity contribution is 0.669. The van der Waals surface area contributed by atoms with Crippen molar-refractivity contribution in [2.75, 3.05) is 0 Å². The first-order valence-corrected chi connectivity index (χ1v) is 19.5. The number of nitrogens with zero attached hydrogens (tertiary/aromatic N) is 2. The van der Waals surface area contributed by atoms with E-state index in [1.165, 1.54) is 27.8 Å². The summed E-state index contributed by atoms with van der Waals surface area (Å²) in [7, 11) is 0. The summed E-state index contributed by atoms with van der Waals surface area (Å²) in [5.74, 6) is 0.688. The number of hydrogen-bond donors (Lipinski definition) is 0. The normalized spacial score (nSPS) is 14.5. The van der Waals surface area contributed by atoms with Crippen LogP contribution in [0.1, 0.15) is 23.6 Å². The molecule has 0 saturated carbocycles. The highest BCUT2D eigenvalue weighted by molar-refractivity contribution is 6.06. The van der Waals surface area contributed by atoms with Crippen molar-refractivity contribution in [3.05, 3.63) is 217 Å². The molecule has 0 spiro atoms. The summed E-state index contributed by atoms with van der Waals surface area (Å²) in [6, 6.07) is 71.1. The van der Waals surface area contributed by atoms with Crippen molar-refractivity contribution in [2.24, 2.45) is 0 Å². The number of benzene rings is 8. The Kier molecular flexibility index (Phi) is 7.61. The van der Waals surface area contributed by atoms with Gasteiger partial charge in [-0.1, -0.05) is 164 Å². The Hall–Kier alpha value is -7.36. The van der Waals surface area contributed by atoms with Gasteiger partial charge in [-0.15, -0.1) is 0 Å². The molecule has 57 heavy (non-hydrogen) atoms. The highest BCUT2D eigenvalue weighted by Crippen LogP contribution is 2.53. The fraction of sp³-hybridized carbons (Fsp3) is 0.0370. The molecule has 0 saturated heterocycles. The third kappa shape index (κ3) is 5.43. The Morgan fingerprint density at radius 1 is 0.368 bits per heavy atom. The average Bonchev–Trinajstić information content (AvgIpc) is 3.79. The average molecular weight is 729 g/mol. The maximum Gasteiger partial charge on any atom is 0.160 e. The molecule has 10 aromatic rings. The second-order valence-electron chi connectivity index (χ2n) is 15.1. The number of fused-ring (bicyclic) bond motifs is 6. The lowest BCUT2D eigenvalue weighted by atomic mass is 9.74. The zero-order chi connectivity index (χ0) is 37.9. The zero-order valence-corrected chi connectivity index (χ0v) is 31.4. The largest absolute Gasteiger partial charge is 0.456 e. The first kappa shape index (κ1) is 33.0. The Balaban J connectivity index is 1.05. The van der Waals surface area contributed by atoms with E-state index in [1.807, 2.05) is 30.3 Å². The SMILES string of the molecule is CC1(c2ccccc2)c2ccccc2-c2ccc(-c3ccccc3-c3cc(-c4cccc(-c5ccc6c(c5)oc5ccccc56)c4)nc(-c4ccccc4)n3)cc21. The van der Waals surface area contributed by atoms with Gasteiger partial charge in [-0.2, -0.15) is 0 Å². The zero-order valence-electron chi connectivity index (χ0n) is 31.4. The molecule has 11 rings (SSSR count). The maximum atomic E-state index is 6.26. The Labute approximate surface area is 331 Å². The number of rotatable bonds is 6. The van der Waals surface area contributed by atoms with Gasteiger partial charge in [-0.05, 0) is 93.4 Å². The molecule has 0 amide bonds. The van der Waals surface area contributed by atoms with Gasteiger partial charge in [0.2, 0.25) is 0 Å². The summed E-state index contributed by atoms with van der Waals surface area (Å²) in [5, 5.41) is 2.25. The van der Waals surface area contributed by atoms with E-state index in [-0.39, 0.29) is 5.41 Å². The van der Waals surface area contributed by atoms with Crippen LogP contribution in [0.15, 0.2) is 205 Å². The first-order chi connectivity index (χ1) is 28.1. The number of aromatic nitrogens is 2. The van der Waals surface area contributed by atoms with Crippen LogP contribution in [0.3, 0.4) is 0 Å². The molecule has 3 nitrogen and oxygen atoms in total. The van der Waals surface area contributed by atoms with Gasteiger partial charge in [0.05, 0.1) is 11.4 Å². The molecule has 268 valence electrons. The van der Waals surface area contributed by atoms with Gasteiger partial charge in [-0.25, -0.2) is 9.97 Å². The van der Waals surface area contributed by atoms with Gasteiger partial charge >= 0.3 is 0 Å². The third-order valence-corrected chi connectivity index (χ3v) is 11.8. The van der Waals surface area contributed by atoms with E-state index in [4.69, 9.17) is 14.4 Å².